The zero-order valence-corrected chi connectivity index (χ0v) is 18.2. The zero-order chi connectivity index (χ0) is 21.9. The molecule has 0 N–H and O–H groups in total. The number of thiophene rings is 1. The molecule has 1 aliphatic heterocycles. The fourth-order valence-electron chi connectivity index (χ4n) is 3.81. The van der Waals surface area contributed by atoms with Gasteiger partial charge in [-0.2, -0.15) is 0 Å². The van der Waals surface area contributed by atoms with E-state index in [4.69, 9.17) is 9.15 Å². The molecule has 0 atom stereocenters. The molecule has 3 heterocycles. The Morgan fingerprint density at radius 1 is 0.875 bits per heavy atom. The van der Waals surface area contributed by atoms with Crippen molar-refractivity contribution < 1.29 is 18.7 Å². The molecule has 0 spiro atoms. The Bertz CT molecular complexity index is 1240. The minimum absolute atomic E-state index is 0.00273. The third-order valence-electron chi connectivity index (χ3n) is 5.58. The van der Waals surface area contributed by atoms with E-state index in [0.29, 0.717) is 43.4 Å². The molecule has 1 fully saturated rings. The molecular weight excluding hydrogens is 424 g/mol. The molecule has 162 valence electrons. The number of hydrogen-bond donors (Lipinski definition) is 0. The van der Waals surface area contributed by atoms with E-state index in [-0.39, 0.29) is 11.8 Å². The van der Waals surface area contributed by atoms with E-state index >= 15 is 0 Å². The highest BCUT2D eigenvalue weighted by molar-refractivity contribution is 7.12. The number of rotatable bonds is 5. The molecule has 32 heavy (non-hydrogen) atoms. The molecule has 1 saturated heterocycles. The van der Waals surface area contributed by atoms with Gasteiger partial charge in [0.2, 0.25) is 0 Å². The van der Waals surface area contributed by atoms with Crippen molar-refractivity contribution in [3.05, 3.63) is 88.5 Å². The van der Waals surface area contributed by atoms with Gasteiger partial charge in [-0.05, 0) is 46.5 Å². The summed E-state index contributed by atoms with van der Waals surface area (Å²) in [5.74, 6) is 1.00. The summed E-state index contributed by atoms with van der Waals surface area (Å²) in [5, 5.41) is 4.27. The summed E-state index contributed by atoms with van der Waals surface area (Å²) >= 11 is 1.43. The van der Waals surface area contributed by atoms with Crippen molar-refractivity contribution in [3.8, 4) is 5.75 Å². The Hall–Kier alpha value is -3.58. The van der Waals surface area contributed by atoms with Gasteiger partial charge in [0.05, 0.1) is 11.1 Å². The fraction of sp³-hybridized carbons (Fsp3) is 0.200. The normalized spacial score (nSPS) is 14.0. The maximum atomic E-state index is 12.9. The number of piperazine rings is 1. The molecule has 0 aliphatic carbocycles. The summed E-state index contributed by atoms with van der Waals surface area (Å²) in [7, 11) is 0. The maximum Gasteiger partial charge on any atom is 0.289 e. The van der Waals surface area contributed by atoms with E-state index < -0.39 is 0 Å². The molecule has 1 aliphatic rings. The molecule has 0 radical (unpaired) electrons. The van der Waals surface area contributed by atoms with Crippen molar-refractivity contribution in [2.45, 2.75) is 6.61 Å². The van der Waals surface area contributed by atoms with E-state index in [1.807, 2.05) is 41.8 Å². The quantitative estimate of drug-likeness (QED) is 0.447. The highest BCUT2D eigenvalue weighted by Gasteiger charge is 2.27. The lowest BCUT2D eigenvalue weighted by Gasteiger charge is -2.34. The van der Waals surface area contributed by atoms with Gasteiger partial charge in [0.1, 0.15) is 12.4 Å². The lowest BCUT2D eigenvalue weighted by molar-refractivity contribution is 0.0520. The predicted molar refractivity (Wildman–Crippen MR) is 123 cm³/mol. The van der Waals surface area contributed by atoms with Gasteiger partial charge in [0.25, 0.3) is 11.8 Å². The summed E-state index contributed by atoms with van der Waals surface area (Å²) in [6.45, 7) is 2.41. The monoisotopic (exact) mass is 446 g/mol. The van der Waals surface area contributed by atoms with Crippen LogP contribution in [-0.2, 0) is 6.61 Å². The van der Waals surface area contributed by atoms with Crippen molar-refractivity contribution in [3.63, 3.8) is 0 Å². The van der Waals surface area contributed by atoms with Crippen LogP contribution in [0.5, 0.6) is 5.75 Å². The first-order valence-electron chi connectivity index (χ1n) is 10.5. The number of furan rings is 1. The second-order valence-corrected chi connectivity index (χ2v) is 8.59. The third kappa shape index (κ3) is 4.24. The van der Waals surface area contributed by atoms with Gasteiger partial charge in [-0.25, -0.2) is 0 Å². The first-order valence-corrected chi connectivity index (χ1v) is 11.4. The van der Waals surface area contributed by atoms with Crippen LogP contribution >= 0.6 is 11.3 Å². The molecular formula is C25H22N2O4S. The van der Waals surface area contributed by atoms with E-state index in [0.717, 1.165) is 16.7 Å². The largest absolute Gasteiger partial charge is 0.489 e. The van der Waals surface area contributed by atoms with Gasteiger partial charge in [-0.3, -0.25) is 9.59 Å². The molecule has 2 amide bonds. The molecule has 0 saturated carbocycles. The molecule has 4 aromatic rings. The van der Waals surface area contributed by atoms with Gasteiger partial charge < -0.3 is 19.0 Å². The van der Waals surface area contributed by atoms with Crippen LogP contribution in [0.1, 0.15) is 25.8 Å². The summed E-state index contributed by atoms with van der Waals surface area (Å²) in [4.78, 5) is 29.5. The van der Waals surface area contributed by atoms with E-state index in [9.17, 15) is 9.59 Å². The molecule has 2 aromatic carbocycles. The minimum atomic E-state index is -0.133. The predicted octanol–water partition coefficient (Wildman–Crippen LogP) is 4.67. The van der Waals surface area contributed by atoms with Gasteiger partial charge in [-0.15, -0.1) is 11.3 Å². The van der Waals surface area contributed by atoms with E-state index in [2.05, 4.69) is 12.1 Å². The number of benzene rings is 2. The van der Waals surface area contributed by atoms with Gasteiger partial charge in [0, 0.05) is 31.7 Å². The lowest BCUT2D eigenvalue weighted by Crippen LogP contribution is -2.50. The molecule has 5 rings (SSSR count). The number of ether oxygens (including phenoxy) is 1. The zero-order valence-electron chi connectivity index (χ0n) is 17.4. The summed E-state index contributed by atoms with van der Waals surface area (Å²) in [5.41, 5.74) is 0.971. The number of carbonyl (C=O) groups is 2. The van der Waals surface area contributed by atoms with Crippen LogP contribution in [0.25, 0.3) is 10.8 Å². The topological polar surface area (TPSA) is 63.0 Å². The molecule has 2 aromatic heterocycles. The number of amides is 2. The van der Waals surface area contributed by atoms with Crippen LogP contribution in [0.4, 0.5) is 0 Å². The lowest BCUT2D eigenvalue weighted by atomic mass is 10.1. The van der Waals surface area contributed by atoms with Crippen LogP contribution in [0.15, 0.2) is 76.7 Å². The Kier molecular flexibility index (Phi) is 5.64. The number of nitrogens with zero attached hydrogens (tertiary/aromatic N) is 2. The van der Waals surface area contributed by atoms with Gasteiger partial charge in [0.15, 0.2) is 5.76 Å². The summed E-state index contributed by atoms with van der Waals surface area (Å²) < 4.78 is 11.1. The van der Waals surface area contributed by atoms with Crippen molar-refractivity contribution >= 4 is 33.9 Å². The van der Waals surface area contributed by atoms with Crippen LogP contribution in [0.2, 0.25) is 0 Å². The second kappa shape index (κ2) is 8.88. The minimum Gasteiger partial charge on any atom is -0.489 e. The van der Waals surface area contributed by atoms with Crippen LogP contribution in [0.3, 0.4) is 0 Å². The highest BCUT2D eigenvalue weighted by Crippen LogP contribution is 2.23. The van der Waals surface area contributed by atoms with Crippen LogP contribution in [-0.4, -0.2) is 47.8 Å². The van der Waals surface area contributed by atoms with Crippen molar-refractivity contribution in [2.75, 3.05) is 26.2 Å². The highest BCUT2D eigenvalue weighted by atomic mass is 32.1. The van der Waals surface area contributed by atoms with E-state index in [1.54, 1.807) is 21.9 Å². The first kappa shape index (κ1) is 20.3. The molecule has 0 unspecified atom stereocenters. The Labute approximate surface area is 189 Å². The first-order chi connectivity index (χ1) is 15.7. The Morgan fingerprint density at radius 3 is 2.38 bits per heavy atom. The summed E-state index contributed by atoms with van der Waals surface area (Å²) in [6, 6.07) is 19.4. The standard InChI is InChI=1S/C25H22N2O4S/c28-24(22-6-3-13-30-22)26-9-11-27(12-10-26)25(29)23-14-18(17-32-23)16-31-21-8-7-19-4-1-2-5-20(19)15-21/h1-8,13-15,17H,9-12,16H2. The number of hydrogen-bond acceptors (Lipinski definition) is 5. The second-order valence-electron chi connectivity index (χ2n) is 7.68. The Balaban J connectivity index is 1.16. The van der Waals surface area contributed by atoms with Crippen LogP contribution < -0.4 is 4.74 Å². The molecule has 0 bridgehead atoms. The average Bonchev–Trinajstić information content (AvgIpc) is 3.54. The number of fused-ring (bicyclic) bond motifs is 1. The van der Waals surface area contributed by atoms with Crippen molar-refractivity contribution in [1.29, 1.82) is 0 Å². The number of carbonyl (C=O) groups excluding carboxylic acids is 2. The SMILES string of the molecule is O=C(c1ccco1)N1CCN(C(=O)c2cc(COc3ccc4ccccc4c3)cs2)CC1. The third-order valence-corrected chi connectivity index (χ3v) is 6.54. The van der Waals surface area contributed by atoms with E-state index in [1.165, 1.54) is 23.0 Å². The summed E-state index contributed by atoms with van der Waals surface area (Å²) in [6.07, 6.45) is 1.49. The smallest absolute Gasteiger partial charge is 0.289 e. The van der Waals surface area contributed by atoms with Gasteiger partial charge in [-0.1, -0.05) is 30.3 Å². The average molecular weight is 447 g/mol. The fourth-order valence-corrected chi connectivity index (χ4v) is 4.68. The maximum absolute atomic E-state index is 12.9. The molecule has 6 nitrogen and oxygen atoms in total. The Morgan fingerprint density at radius 2 is 1.62 bits per heavy atom. The van der Waals surface area contributed by atoms with Gasteiger partial charge >= 0.3 is 0 Å². The van der Waals surface area contributed by atoms with Crippen molar-refractivity contribution in [2.24, 2.45) is 0 Å². The van der Waals surface area contributed by atoms with Crippen LogP contribution in [0, 0.1) is 0 Å². The molecule has 7 heteroatoms. The van der Waals surface area contributed by atoms with Crippen molar-refractivity contribution in [1.82, 2.24) is 9.80 Å².